The number of benzene rings is 2. The van der Waals surface area contributed by atoms with E-state index in [-0.39, 0.29) is 49.0 Å². The molecular weight excluding hydrogens is 490 g/mol. The van der Waals surface area contributed by atoms with E-state index in [2.05, 4.69) is 5.32 Å². The van der Waals surface area contributed by atoms with Gasteiger partial charge >= 0.3 is 0 Å². The highest BCUT2D eigenvalue weighted by atomic mass is 16.5. The number of nitrogens with one attached hydrogen (secondary N) is 1. The van der Waals surface area contributed by atoms with E-state index in [4.69, 9.17) is 18.9 Å². The van der Waals surface area contributed by atoms with Crippen LogP contribution >= 0.6 is 0 Å². The third-order valence-electron chi connectivity index (χ3n) is 6.64. The van der Waals surface area contributed by atoms with E-state index < -0.39 is 0 Å². The third kappa shape index (κ3) is 7.02. The normalized spacial score (nSPS) is 20.5. The molecule has 0 aromatic heterocycles. The number of fused-ring (bicyclic) bond motifs is 1. The smallest absolute Gasteiger partial charge is 0.257 e. The summed E-state index contributed by atoms with van der Waals surface area (Å²) in [5.74, 6) is 0.201. The largest absolute Gasteiger partial charge is 0.497 e. The lowest BCUT2D eigenvalue weighted by Crippen LogP contribution is -2.49. The number of nitrogens with zero attached hydrogens (tertiary/aromatic N) is 2. The van der Waals surface area contributed by atoms with Crippen LogP contribution in [-0.2, 0) is 14.3 Å². The Balaban J connectivity index is 1.92. The minimum Gasteiger partial charge on any atom is -0.497 e. The maximum atomic E-state index is 13.4. The minimum atomic E-state index is -0.314. The van der Waals surface area contributed by atoms with Crippen LogP contribution in [0.3, 0.4) is 0 Å². The number of rotatable bonds is 6. The van der Waals surface area contributed by atoms with Crippen LogP contribution in [0.25, 0.3) is 0 Å². The molecule has 0 spiro atoms. The van der Waals surface area contributed by atoms with Gasteiger partial charge in [0.2, 0.25) is 5.91 Å². The zero-order valence-electron chi connectivity index (χ0n) is 22.9. The molecule has 1 heterocycles. The summed E-state index contributed by atoms with van der Waals surface area (Å²) in [5, 5.41) is 2.85. The Morgan fingerprint density at radius 3 is 2.39 bits per heavy atom. The molecule has 0 saturated carbocycles. The number of likely N-dealkylation sites (N-methyl/N-ethyl adjacent to an activating group) is 1. The summed E-state index contributed by atoms with van der Waals surface area (Å²) in [6.07, 6.45) is -0.291. The molecule has 1 aliphatic rings. The Hall–Kier alpha value is -3.63. The molecule has 3 amide bonds. The van der Waals surface area contributed by atoms with E-state index in [1.165, 1.54) is 7.11 Å². The molecule has 0 aliphatic carbocycles. The van der Waals surface area contributed by atoms with Gasteiger partial charge in [0.25, 0.3) is 11.8 Å². The lowest BCUT2D eigenvalue weighted by Gasteiger charge is -2.36. The Morgan fingerprint density at radius 2 is 1.76 bits per heavy atom. The van der Waals surface area contributed by atoms with Crippen molar-refractivity contribution in [3.63, 3.8) is 0 Å². The first kappa shape index (κ1) is 28.9. The number of hydrogen-bond donors (Lipinski definition) is 1. The second-order valence-corrected chi connectivity index (χ2v) is 9.47. The molecule has 1 N–H and O–H groups in total. The molecular formula is C28H37N3O7. The van der Waals surface area contributed by atoms with Crippen molar-refractivity contribution in [2.24, 2.45) is 5.92 Å². The van der Waals surface area contributed by atoms with E-state index in [9.17, 15) is 14.4 Å². The van der Waals surface area contributed by atoms with Gasteiger partial charge in [0.1, 0.15) is 24.7 Å². The Bertz CT molecular complexity index is 1120. The van der Waals surface area contributed by atoms with Crippen LogP contribution in [0, 0.1) is 5.92 Å². The minimum absolute atomic E-state index is 0.0482. The van der Waals surface area contributed by atoms with Crippen LogP contribution in [0.5, 0.6) is 11.5 Å². The molecule has 10 nitrogen and oxygen atoms in total. The molecule has 10 heteroatoms. The number of hydrogen-bond acceptors (Lipinski definition) is 7. The third-order valence-corrected chi connectivity index (χ3v) is 6.64. The highest BCUT2D eigenvalue weighted by Crippen LogP contribution is 2.27. The van der Waals surface area contributed by atoms with Crippen LogP contribution in [-0.4, -0.2) is 94.3 Å². The SMILES string of the molecule is COCC(=O)N1C[C@H](C)[C@H](OC)CN(C)C(=O)c2ccc(NC(=O)c3ccc(OC)cc3)cc2OC[C@@H]1C. The summed E-state index contributed by atoms with van der Waals surface area (Å²) < 4.78 is 22.1. The Kier molecular flexibility index (Phi) is 10.1. The monoisotopic (exact) mass is 527 g/mol. The number of methoxy groups -OCH3 is 3. The van der Waals surface area contributed by atoms with Crippen LogP contribution in [0.4, 0.5) is 5.69 Å². The average molecular weight is 528 g/mol. The molecule has 206 valence electrons. The maximum absolute atomic E-state index is 13.4. The highest BCUT2D eigenvalue weighted by molar-refractivity contribution is 6.05. The topological polar surface area (TPSA) is 107 Å². The standard InChI is InChI=1S/C28H37N3O7/c1-18-14-31(26(32)17-35-4)19(2)16-38-24-13-21(29-27(33)20-7-10-22(36-5)11-8-20)9-12-23(24)28(34)30(3)15-25(18)37-6/h7-13,18-19,25H,14-17H2,1-6H3,(H,29,33)/t18-,19-,25+/m0/s1. The van der Waals surface area contributed by atoms with Crippen molar-refractivity contribution in [3.05, 3.63) is 53.6 Å². The number of amides is 3. The summed E-state index contributed by atoms with van der Waals surface area (Å²) >= 11 is 0. The lowest BCUT2D eigenvalue weighted by atomic mass is 10.0. The van der Waals surface area contributed by atoms with Crippen molar-refractivity contribution in [3.8, 4) is 11.5 Å². The second kappa shape index (κ2) is 13.3. The molecule has 1 aliphatic heterocycles. The van der Waals surface area contributed by atoms with Gasteiger partial charge in [-0.25, -0.2) is 0 Å². The first-order valence-electron chi connectivity index (χ1n) is 12.5. The van der Waals surface area contributed by atoms with Gasteiger partial charge in [0, 0.05) is 57.6 Å². The molecule has 2 aromatic rings. The predicted molar refractivity (Wildman–Crippen MR) is 143 cm³/mol. The van der Waals surface area contributed by atoms with Crippen LogP contribution in [0.2, 0.25) is 0 Å². The van der Waals surface area contributed by atoms with Crippen LogP contribution in [0.15, 0.2) is 42.5 Å². The van der Waals surface area contributed by atoms with Crippen molar-refractivity contribution in [1.29, 1.82) is 0 Å². The van der Waals surface area contributed by atoms with Gasteiger partial charge in [0.05, 0.1) is 24.8 Å². The fourth-order valence-electron chi connectivity index (χ4n) is 4.35. The summed E-state index contributed by atoms with van der Waals surface area (Å²) in [7, 11) is 6.34. The van der Waals surface area contributed by atoms with Crippen molar-refractivity contribution in [2.45, 2.75) is 26.0 Å². The van der Waals surface area contributed by atoms with Crippen LogP contribution < -0.4 is 14.8 Å². The Labute approximate surface area is 223 Å². The summed E-state index contributed by atoms with van der Waals surface area (Å²) in [5.41, 5.74) is 1.27. The Morgan fingerprint density at radius 1 is 1.05 bits per heavy atom. The van der Waals surface area contributed by atoms with Crippen LogP contribution in [0.1, 0.15) is 34.6 Å². The second-order valence-electron chi connectivity index (χ2n) is 9.47. The average Bonchev–Trinajstić information content (AvgIpc) is 2.92. The van der Waals surface area contributed by atoms with Gasteiger partial charge in [-0.3, -0.25) is 14.4 Å². The number of anilines is 1. The maximum Gasteiger partial charge on any atom is 0.257 e. The molecule has 3 rings (SSSR count). The molecule has 0 fully saturated rings. The van der Waals surface area contributed by atoms with Gasteiger partial charge in [0.15, 0.2) is 0 Å². The molecule has 38 heavy (non-hydrogen) atoms. The molecule has 0 bridgehead atoms. The predicted octanol–water partition coefficient (Wildman–Crippen LogP) is 2.93. The fourth-order valence-corrected chi connectivity index (χ4v) is 4.35. The van der Waals surface area contributed by atoms with Crippen molar-refractivity contribution < 1.29 is 33.3 Å². The van der Waals surface area contributed by atoms with E-state index >= 15 is 0 Å². The molecule has 0 radical (unpaired) electrons. The van der Waals surface area contributed by atoms with Gasteiger partial charge in [-0.05, 0) is 43.3 Å². The van der Waals surface area contributed by atoms with Gasteiger partial charge in [-0.2, -0.15) is 0 Å². The molecule has 3 atom stereocenters. The van der Waals surface area contributed by atoms with Gasteiger partial charge in [-0.15, -0.1) is 0 Å². The quantitative estimate of drug-likeness (QED) is 0.616. The molecule has 0 saturated heterocycles. The van der Waals surface area contributed by atoms with Crippen molar-refractivity contribution >= 4 is 23.4 Å². The van der Waals surface area contributed by atoms with Gasteiger partial charge in [-0.1, -0.05) is 6.92 Å². The fraction of sp³-hybridized carbons (Fsp3) is 0.464. The highest BCUT2D eigenvalue weighted by Gasteiger charge is 2.30. The first-order valence-corrected chi connectivity index (χ1v) is 12.5. The zero-order chi connectivity index (χ0) is 27.8. The number of carbonyl (C=O) groups excluding carboxylic acids is 3. The number of carbonyl (C=O) groups is 3. The van der Waals surface area contributed by atoms with Crippen molar-refractivity contribution in [2.75, 3.05) is 60.0 Å². The van der Waals surface area contributed by atoms with E-state index in [0.717, 1.165) is 0 Å². The lowest BCUT2D eigenvalue weighted by molar-refractivity contribution is -0.139. The van der Waals surface area contributed by atoms with E-state index in [1.54, 1.807) is 73.5 Å². The van der Waals surface area contributed by atoms with E-state index in [1.807, 2.05) is 13.8 Å². The number of ether oxygens (including phenoxy) is 4. The summed E-state index contributed by atoms with van der Waals surface area (Å²) in [6.45, 7) is 4.71. The molecule has 2 aromatic carbocycles. The van der Waals surface area contributed by atoms with Crippen molar-refractivity contribution in [1.82, 2.24) is 9.80 Å². The first-order chi connectivity index (χ1) is 18.2. The van der Waals surface area contributed by atoms with Gasteiger partial charge < -0.3 is 34.1 Å². The summed E-state index contributed by atoms with van der Waals surface area (Å²) in [6, 6.07) is 11.3. The summed E-state index contributed by atoms with van der Waals surface area (Å²) in [4.78, 5) is 42.3. The van der Waals surface area contributed by atoms with E-state index in [0.29, 0.717) is 41.4 Å². The zero-order valence-corrected chi connectivity index (χ0v) is 22.9. The molecule has 0 unspecified atom stereocenters.